The fraction of sp³-hybridized carbons (Fsp3) is 0.417. The van der Waals surface area contributed by atoms with E-state index >= 15 is 0 Å². The van der Waals surface area contributed by atoms with Crippen LogP contribution in [0.3, 0.4) is 0 Å². The molecule has 1 aromatic rings. The van der Waals surface area contributed by atoms with E-state index in [4.69, 9.17) is 16.3 Å². The van der Waals surface area contributed by atoms with Crippen molar-refractivity contribution in [2.45, 2.75) is 13.8 Å². The van der Waals surface area contributed by atoms with Crippen molar-refractivity contribution in [3.63, 3.8) is 0 Å². The molecule has 5 heteroatoms. The summed E-state index contributed by atoms with van der Waals surface area (Å²) in [7, 11) is 1.82. The summed E-state index contributed by atoms with van der Waals surface area (Å²) in [6, 6.07) is 3.49. The minimum atomic E-state index is -0.457. The Hall–Kier alpha value is -1.26. The van der Waals surface area contributed by atoms with Gasteiger partial charge in [-0.2, -0.15) is 0 Å². The molecule has 1 aromatic carbocycles. The number of aryl methyl sites for hydroxylation is 2. The molecule has 4 nitrogen and oxygen atoms in total. The van der Waals surface area contributed by atoms with Crippen molar-refractivity contribution >= 4 is 17.7 Å². The number of carbonyl (C=O) groups excluding carboxylic acids is 1. The number of rotatable bonds is 4. The molecule has 0 aliphatic rings. The van der Waals surface area contributed by atoms with Crippen LogP contribution in [0.5, 0.6) is 5.75 Å². The van der Waals surface area contributed by atoms with Crippen LogP contribution in [0.2, 0.25) is 5.02 Å². The molecule has 0 aliphatic heterocycles. The predicted octanol–water partition coefficient (Wildman–Crippen LogP) is 2.26. The van der Waals surface area contributed by atoms with Gasteiger partial charge >= 0.3 is 6.09 Å². The molecule has 1 amide bonds. The van der Waals surface area contributed by atoms with Crippen LogP contribution in [0.4, 0.5) is 4.79 Å². The SMILES string of the molecule is CNCCNC(=O)Oc1cc(C)c(Cl)c(C)c1. The Morgan fingerprint density at radius 2 is 1.88 bits per heavy atom. The molecule has 1 rings (SSSR count). The number of hydrogen-bond acceptors (Lipinski definition) is 3. The van der Waals surface area contributed by atoms with Crippen molar-refractivity contribution in [1.29, 1.82) is 0 Å². The zero-order valence-electron chi connectivity index (χ0n) is 10.3. The molecular formula is C12H17ClN2O2. The summed E-state index contributed by atoms with van der Waals surface area (Å²) in [5.74, 6) is 0.506. The van der Waals surface area contributed by atoms with Crippen molar-refractivity contribution in [2.75, 3.05) is 20.1 Å². The topological polar surface area (TPSA) is 50.4 Å². The van der Waals surface area contributed by atoms with Crippen molar-refractivity contribution in [3.05, 3.63) is 28.3 Å². The largest absolute Gasteiger partial charge is 0.412 e. The summed E-state index contributed by atoms with van der Waals surface area (Å²) in [6.07, 6.45) is -0.457. The number of benzene rings is 1. The molecule has 0 aliphatic carbocycles. The van der Waals surface area contributed by atoms with Crippen molar-refractivity contribution in [3.8, 4) is 5.75 Å². The number of halogens is 1. The first-order valence-corrected chi connectivity index (χ1v) is 5.79. The quantitative estimate of drug-likeness (QED) is 0.813. The molecule has 0 atom stereocenters. The second kappa shape index (κ2) is 6.47. The van der Waals surface area contributed by atoms with E-state index in [0.29, 0.717) is 23.9 Å². The highest BCUT2D eigenvalue weighted by atomic mass is 35.5. The molecule has 0 saturated carbocycles. The second-order valence-corrected chi connectivity index (χ2v) is 4.17. The Morgan fingerprint density at radius 3 is 2.41 bits per heavy atom. The van der Waals surface area contributed by atoms with E-state index < -0.39 is 6.09 Å². The van der Waals surface area contributed by atoms with E-state index in [1.807, 2.05) is 20.9 Å². The van der Waals surface area contributed by atoms with Gasteiger partial charge in [0, 0.05) is 18.1 Å². The molecule has 0 bridgehead atoms. The van der Waals surface area contributed by atoms with Crippen LogP contribution in [0, 0.1) is 13.8 Å². The molecular weight excluding hydrogens is 240 g/mol. The number of carbonyl (C=O) groups is 1. The van der Waals surface area contributed by atoms with Gasteiger partial charge in [-0.25, -0.2) is 4.79 Å². The molecule has 17 heavy (non-hydrogen) atoms. The Bertz CT molecular complexity index is 384. The fourth-order valence-corrected chi connectivity index (χ4v) is 1.51. The molecule has 0 spiro atoms. The van der Waals surface area contributed by atoms with Gasteiger partial charge in [-0.15, -0.1) is 0 Å². The van der Waals surface area contributed by atoms with Gasteiger partial charge in [-0.05, 0) is 44.2 Å². The Labute approximate surface area is 106 Å². The second-order valence-electron chi connectivity index (χ2n) is 3.79. The first-order valence-electron chi connectivity index (χ1n) is 5.41. The van der Waals surface area contributed by atoms with Gasteiger partial charge in [0.1, 0.15) is 5.75 Å². The summed E-state index contributed by atoms with van der Waals surface area (Å²) in [6.45, 7) is 4.98. The summed E-state index contributed by atoms with van der Waals surface area (Å²) in [5, 5.41) is 6.26. The third-order valence-electron chi connectivity index (χ3n) is 2.26. The van der Waals surface area contributed by atoms with Gasteiger partial charge in [-0.3, -0.25) is 0 Å². The summed E-state index contributed by atoms with van der Waals surface area (Å²) in [4.78, 5) is 11.4. The molecule has 0 fully saturated rings. The number of ether oxygens (including phenoxy) is 1. The predicted molar refractivity (Wildman–Crippen MR) is 68.9 cm³/mol. The summed E-state index contributed by atoms with van der Waals surface area (Å²) >= 11 is 6.02. The average molecular weight is 257 g/mol. The van der Waals surface area contributed by atoms with Crippen molar-refractivity contribution in [2.24, 2.45) is 0 Å². The van der Waals surface area contributed by atoms with Gasteiger partial charge < -0.3 is 15.4 Å². The van der Waals surface area contributed by atoms with Crippen LogP contribution in [-0.4, -0.2) is 26.2 Å². The highest BCUT2D eigenvalue weighted by Gasteiger charge is 2.07. The van der Waals surface area contributed by atoms with Crippen LogP contribution in [0.25, 0.3) is 0 Å². The lowest BCUT2D eigenvalue weighted by molar-refractivity contribution is 0.200. The Kier molecular flexibility index (Phi) is 5.25. The van der Waals surface area contributed by atoms with Crippen LogP contribution in [-0.2, 0) is 0 Å². The first kappa shape index (κ1) is 13.8. The molecule has 94 valence electrons. The molecule has 2 N–H and O–H groups in total. The minimum absolute atomic E-state index is 0.457. The summed E-state index contributed by atoms with van der Waals surface area (Å²) in [5.41, 5.74) is 1.79. The number of amides is 1. The van der Waals surface area contributed by atoms with E-state index in [9.17, 15) is 4.79 Å². The lowest BCUT2D eigenvalue weighted by Crippen LogP contribution is -2.32. The molecule has 0 aromatic heterocycles. The van der Waals surface area contributed by atoms with Crippen LogP contribution in [0.15, 0.2) is 12.1 Å². The lowest BCUT2D eigenvalue weighted by atomic mass is 10.1. The van der Waals surface area contributed by atoms with E-state index in [1.165, 1.54) is 0 Å². The maximum Gasteiger partial charge on any atom is 0.412 e. The average Bonchev–Trinajstić information content (AvgIpc) is 2.26. The maximum absolute atomic E-state index is 11.4. The van der Waals surface area contributed by atoms with Gasteiger partial charge in [0.2, 0.25) is 0 Å². The highest BCUT2D eigenvalue weighted by Crippen LogP contribution is 2.25. The monoisotopic (exact) mass is 256 g/mol. The molecule has 0 saturated heterocycles. The van der Waals surface area contributed by atoms with Crippen LogP contribution < -0.4 is 15.4 Å². The van der Waals surface area contributed by atoms with E-state index in [0.717, 1.165) is 11.1 Å². The van der Waals surface area contributed by atoms with Gasteiger partial charge in [0.05, 0.1) is 0 Å². The smallest absolute Gasteiger partial charge is 0.410 e. The van der Waals surface area contributed by atoms with Gasteiger partial charge in [-0.1, -0.05) is 11.6 Å². The fourth-order valence-electron chi connectivity index (χ4n) is 1.40. The zero-order chi connectivity index (χ0) is 12.8. The lowest BCUT2D eigenvalue weighted by Gasteiger charge is -2.09. The van der Waals surface area contributed by atoms with Crippen LogP contribution >= 0.6 is 11.6 Å². The Morgan fingerprint density at radius 1 is 1.29 bits per heavy atom. The standard InChI is InChI=1S/C12H17ClN2O2/c1-8-6-10(7-9(2)11(8)13)17-12(16)15-5-4-14-3/h6-7,14H,4-5H2,1-3H3,(H,15,16). The summed E-state index contributed by atoms with van der Waals surface area (Å²) < 4.78 is 5.14. The molecule has 0 heterocycles. The van der Waals surface area contributed by atoms with Crippen molar-refractivity contribution < 1.29 is 9.53 Å². The number of nitrogens with one attached hydrogen (secondary N) is 2. The van der Waals surface area contributed by atoms with E-state index in [1.54, 1.807) is 12.1 Å². The minimum Gasteiger partial charge on any atom is -0.410 e. The first-order chi connectivity index (χ1) is 8.04. The third-order valence-corrected chi connectivity index (χ3v) is 2.86. The van der Waals surface area contributed by atoms with Crippen LogP contribution in [0.1, 0.15) is 11.1 Å². The maximum atomic E-state index is 11.4. The zero-order valence-corrected chi connectivity index (χ0v) is 11.0. The third kappa shape index (κ3) is 4.24. The number of hydrogen-bond donors (Lipinski definition) is 2. The Balaban J connectivity index is 2.60. The normalized spacial score (nSPS) is 10.1. The molecule has 0 unspecified atom stereocenters. The van der Waals surface area contributed by atoms with E-state index in [2.05, 4.69) is 10.6 Å². The van der Waals surface area contributed by atoms with Crippen molar-refractivity contribution in [1.82, 2.24) is 10.6 Å². The van der Waals surface area contributed by atoms with E-state index in [-0.39, 0.29) is 0 Å². The highest BCUT2D eigenvalue weighted by molar-refractivity contribution is 6.32. The number of likely N-dealkylation sites (N-methyl/N-ethyl adjacent to an activating group) is 1. The molecule has 0 radical (unpaired) electrons. The van der Waals surface area contributed by atoms with Gasteiger partial charge in [0.25, 0.3) is 0 Å². The van der Waals surface area contributed by atoms with Gasteiger partial charge in [0.15, 0.2) is 0 Å².